The second-order valence-corrected chi connectivity index (χ2v) is 6.14. The van der Waals surface area contributed by atoms with Crippen LogP contribution in [0.4, 0.5) is 0 Å². The molecule has 1 fully saturated rings. The third kappa shape index (κ3) is 2.68. The summed E-state index contributed by atoms with van der Waals surface area (Å²) >= 11 is 0. The number of aromatic nitrogens is 2. The van der Waals surface area contributed by atoms with Crippen LogP contribution in [0.15, 0.2) is 9.32 Å². The molecule has 7 heteroatoms. The van der Waals surface area contributed by atoms with E-state index in [1.807, 2.05) is 0 Å². The van der Waals surface area contributed by atoms with E-state index in [1.54, 1.807) is 0 Å². The molecule has 6 nitrogen and oxygen atoms in total. The van der Waals surface area contributed by atoms with Gasteiger partial charge in [0.1, 0.15) is 9.84 Å². The van der Waals surface area contributed by atoms with Gasteiger partial charge in [0.15, 0.2) is 5.82 Å². The Balaban J connectivity index is 1.95. The van der Waals surface area contributed by atoms with E-state index in [2.05, 4.69) is 14.7 Å². The average molecular weight is 232 g/mol. The molecule has 1 aromatic heterocycles. The van der Waals surface area contributed by atoms with Gasteiger partial charge in [-0.2, -0.15) is 0 Å². The molecule has 0 unspecified atom stereocenters. The van der Waals surface area contributed by atoms with Crippen LogP contribution in [0, 0.1) is 5.92 Å². The summed E-state index contributed by atoms with van der Waals surface area (Å²) in [5.74, 6) is 0.687. The van der Waals surface area contributed by atoms with Crippen molar-refractivity contribution in [2.75, 3.05) is 11.5 Å². The smallest absolute Gasteiger partial charge is 0.296 e. The molecule has 1 saturated heterocycles. The summed E-state index contributed by atoms with van der Waals surface area (Å²) in [4.78, 5) is 13.1. The first-order valence-corrected chi connectivity index (χ1v) is 6.62. The molecule has 0 aliphatic carbocycles. The Bertz CT molecular complexity index is 473. The number of aromatic amines is 1. The summed E-state index contributed by atoms with van der Waals surface area (Å²) in [5, 5.41) is 3.55. The molecular formula is C8H12N2O4S. The summed E-state index contributed by atoms with van der Waals surface area (Å²) in [7, 11) is -2.82. The molecule has 0 radical (unpaired) electrons. The van der Waals surface area contributed by atoms with Gasteiger partial charge >= 0.3 is 5.76 Å². The quantitative estimate of drug-likeness (QED) is 0.757. The van der Waals surface area contributed by atoms with Crippen molar-refractivity contribution in [2.45, 2.75) is 19.3 Å². The Labute approximate surface area is 86.6 Å². The van der Waals surface area contributed by atoms with E-state index < -0.39 is 15.6 Å². The fraction of sp³-hybridized carbons (Fsp3) is 0.750. The highest BCUT2D eigenvalue weighted by Crippen LogP contribution is 2.21. The highest BCUT2D eigenvalue weighted by Gasteiger charge is 2.24. The van der Waals surface area contributed by atoms with Crippen molar-refractivity contribution in [2.24, 2.45) is 5.92 Å². The minimum Gasteiger partial charge on any atom is -0.296 e. The maximum atomic E-state index is 11.2. The highest BCUT2D eigenvalue weighted by atomic mass is 32.2. The summed E-state index contributed by atoms with van der Waals surface area (Å²) in [6.45, 7) is 0. The van der Waals surface area contributed by atoms with Crippen molar-refractivity contribution < 1.29 is 12.9 Å². The number of H-pyrrole nitrogens is 1. The van der Waals surface area contributed by atoms with E-state index in [0.717, 1.165) is 0 Å². The second kappa shape index (κ2) is 3.80. The van der Waals surface area contributed by atoms with Gasteiger partial charge in [-0.1, -0.05) is 5.16 Å². The largest absolute Gasteiger partial charge is 0.438 e. The number of hydrogen-bond acceptors (Lipinski definition) is 5. The summed E-state index contributed by atoms with van der Waals surface area (Å²) < 4.78 is 26.7. The Morgan fingerprint density at radius 1 is 1.40 bits per heavy atom. The molecular weight excluding hydrogens is 220 g/mol. The molecule has 0 saturated carbocycles. The van der Waals surface area contributed by atoms with Gasteiger partial charge in [-0.3, -0.25) is 9.51 Å². The Morgan fingerprint density at radius 3 is 2.60 bits per heavy atom. The van der Waals surface area contributed by atoms with Crippen LogP contribution in [0.1, 0.15) is 18.7 Å². The summed E-state index contributed by atoms with van der Waals surface area (Å²) in [6, 6.07) is 0. The zero-order chi connectivity index (χ0) is 10.9. The summed E-state index contributed by atoms with van der Waals surface area (Å²) in [5.41, 5.74) is 0. The lowest BCUT2D eigenvalue weighted by molar-refractivity contribution is 0.373. The highest BCUT2D eigenvalue weighted by molar-refractivity contribution is 7.91. The first-order chi connectivity index (χ1) is 7.05. The predicted octanol–water partition coefficient (Wildman–Crippen LogP) is -0.270. The van der Waals surface area contributed by atoms with E-state index in [9.17, 15) is 13.2 Å². The van der Waals surface area contributed by atoms with Crippen molar-refractivity contribution in [3.63, 3.8) is 0 Å². The Morgan fingerprint density at radius 2 is 2.07 bits per heavy atom. The molecule has 0 spiro atoms. The minimum absolute atomic E-state index is 0.236. The molecule has 0 amide bonds. The number of nitrogens with zero attached hydrogens (tertiary/aromatic N) is 1. The van der Waals surface area contributed by atoms with E-state index in [4.69, 9.17) is 0 Å². The van der Waals surface area contributed by atoms with Crippen molar-refractivity contribution in [1.82, 2.24) is 10.1 Å². The maximum absolute atomic E-state index is 11.2. The molecule has 1 aliphatic rings. The van der Waals surface area contributed by atoms with E-state index in [-0.39, 0.29) is 17.4 Å². The van der Waals surface area contributed by atoms with Crippen molar-refractivity contribution in [1.29, 1.82) is 0 Å². The molecule has 2 heterocycles. The fourth-order valence-electron chi connectivity index (χ4n) is 1.76. The maximum Gasteiger partial charge on any atom is 0.438 e. The van der Waals surface area contributed by atoms with Gasteiger partial charge in [-0.15, -0.1) is 0 Å². The van der Waals surface area contributed by atoms with E-state index in [1.165, 1.54) is 0 Å². The third-order valence-electron chi connectivity index (χ3n) is 2.64. The van der Waals surface area contributed by atoms with Crippen LogP contribution in [0.5, 0.6) is 0 Å². The molecule has 15 heavy (non-hydrogen) atoms. The van der Waals surface area contributed by atoms with Gasteiger partial charge in [0.2, 0.25) is 0 Å². The second-order valence-electron chi connectivity index (χ2n) is 3.84. The molecule has 1 aliphatic heterocycles. The standard InChI is InChI=1S/C8H12N2O4S/c11-8-9-7(10-14-8)5-6-1-3-15(12,13)4-2-6/h6H,1-5H2,(H,9,10,11). The van der Waals surface area contributed by atoms with Crippen molar-refractivity contribution >= 4 is 9.84 Å². The lowest BCUT2D eigenvalue weighted by Gasteiger charge is -2.20. The molecule has 0 aromatic carbocycles. The van der Waals surface area contributed by atoms with Crippen LogP contribution in [0.3, 0.4) is 0 Å². The molecule has 1 N–H and O–H groups in total. The van der Waals surface area contributed by atoms with Crippen LogP contribution >= 0.6 is 0 Å². The zero-order valence-electron chi connectivity index (χ0n) is 8.10. The topological polar surface area (TPSA) is 93.0 Å². The van der Waals surface area contributed by atoms with Crippen LogP contribution < -0.4 is 5.76 Å². The average Bonchev–Trinajstić information content (AvgIpc) is 2.55. The normalized spacial score (nSPS) is 21.6. The van der Waals surface area contributed by atoms with Gasteiger partial charge in [0, 0.05) is 6.42 Å². The van der Waals surface area contributed by atoms with Crippen LogP contribution in [0.2, 0.25) is 0 Å². The molecule has 0 bridgehead atoms. The number of nitrogens with one attached hydrogen (secondary N) is 1. The molecule has 1 aromatic rings. The molecule has 84 valence electrons. The van der Waals surface area contributed by atoms with E-state index >= 15 is 0 Å². The lowest BCUT2D eigenvalue weighted by atomic mass is 9.99. The van der Waals surface area contributed by atoms with Gasteiger partial charge in [0.05, 0.1) is 11.5 Å². The van der Waals surface area contributed by atoms with Crippen molar-refractivity contribution in [3.05, 3.63) is 16.4 Å². The Kier molecular flexibility index (Phi) is 2.64. The molecule has 2 rings (SSSR count). The molecule has 0 atom stereocenters. The van der Waals surface area contributed by atoms with Gasteiger partial charge in [-0.25, -0.2) is 13.2 Å². The Hall–Kier alpha value is -1.11. The number of hydrogen-bond donors (Lipinski definition) is 1. The van der Waals surface area contributed by atoms with Crippen LogP contribution in [0.25, 0.3) is 0 Å². The summed E-state index contributed by atoms with van der Waals surface area (Å²) in [6.07, 6.45) is 1.86. The first-order valence-electron chi connectivity index (χ1n) is 4.80. The number of sulfone groups is 1. The van der Waals surface area contributed by atoms with Crippen LogP contribution in [-0.2, 0) is 16.3 Å². The van der Waals surface area contributed by atoms with Gasteiger partial charge in [0.25, 0.3) is 0 Å². The van der Waals surface area contributed by atoms with Gasteiger partial charge < -0.3 is 0 Å². The zero-order valence-corrected chi connectivity index (χ0v) is 8.92. The van der Waals surface area contributed by atoms with Crippen molar-refractivity contribution in [3.8, 4) is 0 Å². The third-order valence-corrected chi connectivity index (χ3v) is 4.36. The predicted molar refractivity (Wildman–Crippen MR) is 52.2 cm³/mol. The fourth-order valence-corrected chi connectivity index (χ4v) is 3.35. The van der Waals surface area contributed by atoms with E-state index in [0.29, 0.717) is 25.1 Å². The number of rotatable bonds is 2. The van der Waals surface area contributed by atoms with Crippen LogP contribution in [-0.4, -0.2) is 30.1 Å². The first kappa shape index (κ1) is 10.4. The lowest BCUT2D eigenvalue weighted by Crippen LogP contribution is -2.24. The minimum atomic E-state index is -2.82. The SMILES string of the molecule is O=c1[nH]c(CC2CCS(=O)(=O)CC2)no1. The van der Waals surface area contributed by atoms with Gasteiger partial charge in [-0.05, 0) is 18.8 Å². The monoisotopic (exact) mass is 232 g/mol.